The first kappa shape index (κ1) is 26.2. The second kappa shape index (κ2) is 10.7. The van der Waals surface area contributed by atoms with Gasteiger partial charge < -0.3 is 4.74 Å². The van der Waals surface area contributed by atoms with Gasteiger partial charge in [-0.1, -0.05) is 67.9 Å². The molecule has 3 aromatic carbocycles. The van der Waals surface area contributed by atoms with Gasteiger partial charge in [-0.3, -0.25) is 18.7 Å². The summed E-state index contributed by atoms with van der Waals surface area (Å²) in [4.78, 5) is 45.0. The van der Waals surface area contributed by atoms with E-state index in [1.165, 1.54) is 20.8 Å². The predicted octanol–water partition coefficient (Wildman–Crippen LogP) is 5.35. The minimum absolute atomic E-state index is 0.0399. The molecule has 0 N–H and O–H groups in total. The molecular weight excluding hydrogens is 516 g/mol. The number of hydrogen-bond acceptors (Lipinski definition) is 5. The lowest BCUT2D eigenvalue weighted by Crippen LogP contribution is -2.27. The van der Waals surface area contributed by atoms with E-state index >= 15 is 0 Å². The molecule has 0 bridgehead atoms. The van der Waals surface area contributed by atoms with E-state index in [2.05, 4.69) is 13.8 Å². The van der Waals surface area contributed by atoms with Crippen molar-refractivity contribution in [3.05, 3.63) is 110 Å². The van der Waals surface area contributed by atoms with Gasteiger partial charge in [0.05, 0.1) is 24.9 Å². The molecular formula is C30H27ClN4O4. The van der Waals surface area contributed by atoms with Crippen molar-refractivity contribution in [2.75, 3.05) is 7.11 Å². The summed E-state index contributed by atoms with van der Waals surface area (Å²) in [5, 5.41) is 0.522. The number of rotatable bonds is 7. The average Bonchev–Trinajstić information content (AvgIpc) is 3.23. The van der Waals surface area contributed by atoms with Gasteiger partial charge in [-0.25, -0.2) is 14.3 Å². The molecule has 0 aliphatic carbocycles. The molecule has 0 fully saturated rings. The average molecular weight is 543 g/mol. The first-order valence-electron chi connectivity index (χ1n) is 12.6. The minimum Gasteiger partial charge on any atom is -0.469 e. The number of aryl methyl sites for hydroxylation is 1. The zero-order valence-corrected chi connectivity index (χ0v) is 22.6. The van der Waals surface area contributed by atoms with Gasteiger partial charge in [-0.2, -0.15) is 0 Å². The lowest BCUT2D eigenvalue weighted by atomic mass is 10.0. The van der Waals surface area contributed by atoms with Crippen molar-refractivity contribution in [1.82, 2.24) is 18.7 Å². The van der Waals surface area contributed by atoms with Crippen LogP contribution in [0.3, 0.4) is 0 Å². The fourth-order valence-electron chi connectivity index (χ4n) is 4.56. The first-order valence-corrected chi connectivity index (χ1v) is 12.9. The largest absolute Gasteiger partial charge is 0.469 e. The summed E-state index contributed by atoms with van der Waals surface area (Å²) < 4.78 is 8.97. The highest BCUT2D eigenvalue weighted by molar-refractivity contribution is 6.30. The molecule has 0 saturated carbocycles. The summed E-state index contributed by atoms with van der Waals surface area (Å²) >= 11 is 6.14. The van der Waals surface area contributed by atoms with E-state index < -0.39 is 17.2 Å². The number of carbonyl (C=O) groups excluding carboxylic acids is 1. The number of methoxy groups -OCH3 is 1. The fourth-order valence-corrected chi connectivity index (χ4v) is 4.69. The number of hydrogen-bond donors (Lipinski definition) is 0. The molecule has 8 nitrogen and oxygen atoms in total. The smallest absolute Gasteiger partial charge is 0.335 e. The lowest BCUT2D eigenvalue weighted by Gasteiger charge is -2.15. The van der Waals surface area contributed by atoms with Gasteiger partial charge in [0.25, 0.3) is 5.56 Å². The highest BCUT2D eigenvalue weighted by Crippen LogP contribution is 2.26. The highest BCUT2D eigenvalue weighted by Gasteiger charge is 2.24. The lowest BCUT2D eigenvalue weighted by molar-refractivity contribution is -0.140. The molecule has 0 saturated heterocycles. The Labute approximate surface area is 229 Å². The summed E-state index contributed by atoms with van der Waals surface area (Å²) in [7, 11) is 1.28. The monoisotopic (exact) mass is 542 g/mol. The maximum absolute atomic E-state index is 14.3. The molecule has 0 atom stereocenters. The number of esters is 1. The zero-order valence-electron chi connectivity index (χ0n) is 21.8. The Morgan fingerprint density at radius 3 is 2.15 bits per heavy atom. The van der Waals surface area contributed by atoms with Crippen LogP contribution in [0.5, 0.6) is 0 Å². The molecule has 2 heterocycles. The van der Waals surface area contributed by atoms with E-state index in [1.54, 1.807) is 48.5 Å². The Kier molecular flexibility index (Phi) is 7.21. The number of halogens is 1. The molecule has 39 heavy (non-hydrogen) atoms. The summed E-state index contributed by atoms with van der Waals surface area (Å²) in [6.07, 6.45) is -0.0802. The first-order chi connectivity index (χ1) is 18.8. The molecule has 9 heteroatoms. The molecule has 5 rings (SSSR count). The van der Waals surface area contributed by atoms with Gasteiger partial charge in [0.1, 0.15) is 5.82 Å². The summed E-state index contributed by atoms with van der Waals surface area (Å²) in [6.45, 7) is 4.18. The van der Waals surface area contributed by atoms with Crippen LogP contribution in [-0.2, 0) is 16.1 Å². The van der Waals surface area contributed by atoms with E-state index in [4.69, 9.17) is 21.3 Å². The van der Waals surface area contributed by atoms with E-state index in [0.29, 0.717) is 33.7 Å². The number of aromatic nitrogens is 4. The fraction of sp³-hybridized carbons (Fsp3) is 0.200. The van der Waals surface area contributed by atoms with Crippen molar-refractivity contribution >= 4 is 28.7 Å². The van der Waals surface area contributed by atoms with Crippen molar-refractivity contribution in [3.8, 4) is 22.8 Å². The van der Waals surface area contributed by atoms with Gasteiger partial charge in [0.2, 0.25) is 0 Å². The highest BCUT2D eigenvalue weighted by atomic mass is 35.5. The Balaban J connectivity index is 1.88. The molecule has 0 radical (unpaired) electrons. The second-order valence-electron chi connectivity index (χ2n) is 9.43. The maximum Gasteiger partial charge on any atom is 0.335 e. The van der Waals surface area contributed by atoms with Crippen LogP contribution in [0.1, 0.15) is 31.7 Å². The molecule has 0 aliphatic heterocycles. The third kappa shape index (κ3) is 4.91. The normalized spacial score (nSPS) is 11.3. The Morgan fingerprint density at radius 1 is 0.897 bits per heavy atom. The molecule has 2 aromatic heterocycles. The number of para-hydroxylation sites is 1. The van der Waals surface area contributed by atoms with Crippen LogP contribution < -0.4 is 11.2 Å². The van der Waals surface area contributed by atoms with E-state index in [1.807, 2.05) is 30.3 Å². The van der Waals surface area contributed by atoms with Gasteiger partial charge in [0.15, 0.2) is 11.2 Å². The third-order valence-corrected chi connectivity index (χ3v) is 6.90. The van der Waals surface area contributed by atoms with Crippen molar-refractivity contribution in [3.63, 3.8) is 0 Å². The van der Waals surface area contributed by atoms with Gasteiger partial charge in [0, 0.05) is 17.1 Å². The predicted molar refractivity (Wildman–Crippen MR) is 152 cm³/mol. The van der Waals surface area contributed by atoms with Gasteiger partial charge >= 0.3 is 11.7 Å². The van der Waals surface area contributed by atoms with Gasteiger partial charge in [-0.15, -0.1) is 0 Å². The number of imidazole rings is 1. The van der Waals surface area contributed by atoms with E-state index in [0.717, 1.165) is 5.56 Å². The molecule has 0 spiro atoms. The number of benzene rings is 3. The Hall–Kier alpha value is -4.43. The number of nitrogens with zero attached hydrogens (tertiary/aromatic N) is 4. The van der Waals surface area contributed by atoms with E-state index in [9.17, 15) is 14.4 Å². The van der Waals surface area contributed by atoms with Crippen LogP contribution in [0.25, 0.3) is 33.9 Å². The van der Waals surface area contributed by atoms with E-state index in [-0.39, 0.29) is 24.1 Å². The SMILES string of the molecule is COC(=O)CCn1c(=O)n(-c2ccccc2)c2nc(-c3ccc(C(C)C)cc3)n(-c3ccc(Cl)cc3)c(=O)c21. The Bertz CT molecular complexity index is 1770. The van der Waals surface area contributed by atoms with Gasteiger partial charge in [-0.05, 0) is 47.9 Å². The van der Waals surface area contributed by atoms with Crippen molar-refractivity contribution in [2.45, 2.75) is 32.7 Å². The quantitative estimate of drug-likeness (QED) is 0.259. The van der Waals surface area contributed by atoms with Crippen molar-refractivity contribution in [2.24, 2.45) is 0 Å². The standard InChI is InChI=1S/C30H27ClN4O4/c1-19(2)20-9-11-21(12-10-20)27-32-28-26(29(37)34(27)24-15-13-22(31)14-16-24)33(18-17-25(36)39-3)30(38)35(28)23-7-5-4-6-8-23/h4-16,19H,17-18H2,1-3H3. The summed E-state index contributed by atoms with van der Waals surface area (Å²) in [5.41, 5.74) is 2.34. The zero-order chi connectivity index (χ0) is 27.7. The molecule has 0 unspecified atom stereocenters. The minimum atomic E-state index is -0.490. The number of fused-ring (bicyclic) bond motifs is 1. The molecule has 198 valence electrons. The van der Waals surface area contributed by atoms with Crippen LogP contribution in [0, 0.1) is 0 Å². The number of carbonyl (C=O) groups is 1. The van der Waals surface area contributed by atoms with Crippen LogP contribution in [0.4, 0.5) is 0 Å². The van der Waals surface area contributed by atoms with Crippen LogP contribution in [-0.4, -0.2) is 31.8 Å². The summed E-state index contributed by atoms with van der Waals surface area (Å²) in [6, 6.07) is 23.7. The summed E-state index contributed by atoms with van der Waals surface area (Å²) in [5.74, 6) is 0.218. The van der Waals surface area contributed by atoms with Crippen molar-refractivity contribution in [1.29, 1.82) is 0 Å². The maximum atomic E-state index is 14.3. The molecule has 0 amide bonds. The molecule has 5 aromatic rings. The van der Waals surface area contributed by atoms with Crippen molar-refractivity contribution < 1.29 is 9.53 Å². The van der Waals surface area contributed by atoms with Crippen LogP contribution in [0.2, 0.25) is 5.02 Å². The third-order valence-electron chi connectivity index (χ3n) is 6.65. The van der Waals surface area contributed by atoms with Crippen LogP contribution >= 0.6 is 11.6 Å². The Morgan fingerprint density at radius 2 is 1.54 bits per heavy atom. The topological polar surface area (TPSA) is 88.1 Å². The second-order valence-corrected chi connectivity index (χ2v) is 9.87. The van der Waals surface area contributed by atoms with Crippen LogP contribution in [0.15, 0.2) is 88.5 Å². The molecule has 0 aliphatic rings. The number of ether oxygens (including phenoxy) is 1.